The van der Waals surface area contributed by atoms with Gasteiger partial charge in [0.05, 0.1) is 17.8 Å². The van der Waals surface area contributed by atoms with Gasteiger partial charge in [0.15, 0.2) is 5.11 Å². The van der Waals surface area contributed by atoms with E-state index in [0.29, 0.717) is 16.3 Å². The zero-order valence-corrected chi connectivity index (χ0v) is 11.5. The predicted octanol–water partition coefficient (Wildman–Crippen LogP) is 2.28. The van der Waals surface area contributed by atoms with Crippen LogP contribution < -0.4 is 15.9 Å². The number of methoxy groups -OCH3 is 1. The zero-order chi connectivity index (χ0) is 12.1. The number of nitrogens with one attached hydrogen (secondary N) is 1. The molecule has 3 N–H and O–H groups in total. The molecule has 0 aliphatic rings. The van der Waals surface area contributed by atoms with Crippen molar-refractivity contribution >= 4 is 51.1 Å². The molecule has 0 fully saturated rings. The SMILES string of the molecule is COc1c(Br)cc(Cl)cc1C=NNC(N)=S. The van der Waals surface area contributed by atoms with Gasteiger partial charge in [0.1, 0.15) is 5.75 Å². The number of hydrogen-bond donors (Lipinski definition) is 2. The van der Waals surface area contributed by atoms with Crippen molar-refractivity contribution in [1.82, 2.24) is 5.43 Å². The van der Waals surface area contributed by atoms with Gasteiger partial charge in [-0.25, -0.2) is 0 Å². The maximum Gasteiger partial charge on any atom is 0.184 e. The number of ether oxygens (including phenoxy) is 1. The maximum absolute atomic E-state index is 5.90. The first-order chi connectivity index (χ1) is 7.54. The quantitative estimate of drug-likeness (QED) is 0.509. The van der Waals surface area contributed by atoms with Gasteiger partial charge in [0, 0.05) is 10.6 Å². The number of halogens is 2. The molecule has 4 nitrogen and oxygen atoms in total. The summed E-state index contributed by atoms with van der Waals surface area (Å²) in [5.74, 6) is 0.637. The Morgan fingerprint density at radius 1 is 1.69 bits per heavy atom. The first-order valence-electron chi connectivity index (χ1n) is 4.16. The minimum atomic E-state index is 0.0938. The van der Waals surface area contributed by atoms with Crippen LogP contribution in [0.1, 0.15) is 5.56 Å². The summed E-state index contributed by atoms with van der Waals surface area (Å²) in [7, 11) is 1.56. The van der Waals surface area contributed by atoms with Crippen LogP contribution in [-0.4, -0.2) is 18.4 Å². The smallest absolute Gasteiger partial charge is 0.184 e. The van der Waals surface area contributed by atoms with Crippen molar-refractivity contribution in [3.05, 3.63) is 27.2 Å². The fourth-order valence-electron chi connectivity index (χ4n) is 1.06. The molecular weight excluding hydrogens is 314 g/mol. The van der Waals surface area contributed by atoms with E-state index in [1.165, 1.54) is 6.21 Å². The van der Waals surface area contributed by atoms with Gasteiger partial charge in [-0.05, 0) is 40.3 Å². The second kappa shape index (κ2) is 6.03. The molecule has 0 spiro atoms. The maximum atomic E-state index is 5.90. The topological polar surface area (TPSA) is 59.6 Å². The monoisotopic (exact) mass is 321 g/mol. The first-order valence-corrected chi connectivity index (χ1v) is 5.74. The molecule has 0 bridgehead atoms. The molecule has 0 aromatic heterocycles. The number of benzene rings is 1. The number of nitrogens with zero attached hydrogens (tertiary/aromatic N) is 1. The third-order valence-electron chi connectivity index (χ3n) is 1.62. The number of hydrogen-bond acceptors (Lipinski definition) is 3. The number of hydrazone groups is 1. The van der Waals surface area contributed by atoms with Crippen molar-refractivity contribution in [2.24, 2.45) is 10.8 Å². The summed E-state index contributed by atoms with van der Waals surface area (Å²) in [4.78, 5) is 0. The highest BCUT2D eigenvalue weighted by Crippen LogP contribution is 2.31. The fourth-order valence-corrected chi connectivity index (χ4v) is 2.11. The van der Waals surface area contributed by atoms with E-state index in [4.69, 9.17) is 22.1 Å². The first kappa shape index (κ1) is 13.2. The summed E-state index contributed by atoms with van der Waals surface area (Å²) in [6.07, 6.45) is 1.52. The van der Waals surface area contributed by atoms with Crippen LogP contribution >= 0.6 is 39.7 Å². The second-order valence-corrected chi connectivity index (χ2v) is 4.47. The van der Waals surface area contributed by atoms with Crippen LogP contribution in [-0.2, 0) is 0 Å². The van der Waals surface area contributed by atoms with Gasteiger partial charge < -0.3 is 10.5 Å². The number of thiocarbonyl (C=S) groups is 1. The lowest BCUT2D eigenvalue weighted by molar-refractivity contribution is 0.411. The molecule has 0 amide bonds. The Hall–Kier alpha value is -0.850. The summed E-state index contributed by atoms with van der Waals surface area (Å²) in [6, 6.07) is 3.45. The molecule has 1 aromatic carbocycles. The molecule has 0 radical (unpaired) electrons. The van der Waals surface area contributed by atoms with Gasteiger partial charge >= 0.3 is 0 Å². The summed E-state index contributed by atoms with van der Waals surface area (Å²) in [5.41, 5.74) is 8.39. The van der Waals surface area contributed by atoms with Crippen LogP contribution in [0.25, 0.3) is 0 Å². The lowest BCUT2D eigenvalue weighted by Crippen LogP contribution is -2.24. The van der Waals surface area contributed by atoms with Crippen LogP contribution in [0, 0.1) is 0 Å². The standard InChI is InChI=1S/C9H9BrClN3OS/c1-15-8-5(4-13-14-9(12)16)2-6(11)3-7(8)10/h2-4H,1H3,(H3,12,14,16). The molecule has 0 heterocycles. The Bertz CT molecular complexity index is 439. The highest BCUT2D eigenvalue weighted by Gasteiger charge is 2.07. The average molecular weight is 323 g/mol. The van der Waals surface area contributed by atoms with E-state index in [-0.39, 0.29) is 5.11 Å². The average Bonchev–Trinajstić information content (AvgIpc) is 2.16. The summed E-state index contributed by atoms with van der Waals surface area (Å²) >= 11 is 13.8. The minimum Gasteiger partial charge on any atom is -0.495 e. The largest absolute Gasteiger partial charge is 0.495 e. The van der Waals surface area contributed by atoms with Gasteiger partial charge in [-0.15, -0.1) is 0 Å². The van der Waals surface area contributed by atoms with E-state index in [9.17, 15) is 0 Å². The molecule has 7 heteroatoms. The van der Waals surface area contributed by atoms with Gasteiger partial charge in [-0.2, -0.15) is 5.10 Å². The highest BCUT2D eigenvalue weighted by molar-refractivity contribution is 9.10. The Morgan fingerprint density at radius 2 is 2.38 bits per heavy atom. The van der Waals surface area contributed by atoms with Crippen LogP contribution in [0.4, 0.5) is 0 Å². The second-order valence-electron chi connectivity index (χ2n) is 2.74. The minimum absolute atomic E-state index is 0.0938. The lowest BCUT2D eigenvalue weighted by Gasteiger charge is -2.07. The van der Waals surface area contributed by atoms with E-state index in [2.05, 4.69) is 38.7 Å². The Morgan fingerprint density at radius 3 is 2.94 bits per heavy atom. The lowest BCUT2D eigenvalue weighted by atomic mass is 10.2. The van der Waals surface area contributed by atoms with Crippen LogP contribution in [0.15, 0.2) is 21.7 Å². The molecule has 16 heavy (non-hydrogen) atoms. The molecular formula is C9H9BrClN3OS. The Labute approximate surface area is 112 Å². The molecule has 1 aromatic rings. The summed E-state index contributed by atoms with van der Waals surface area (Å²) < 4.78 is 5.95. The molecule has 0 saturated carbocycles. The third-order valence-corrected chi connectivity index (χ3v) is 2.52. The number of nitrogens with two attached hydrogens (primary N) is 1. The van der Waals surface area contributed by atoms with Crippen molar-refractivity contribution in [3.63, 3.8) is 0 Å². The molecule has 1 rings (SSSR count). The van der Waals surface area contributed by atoms with Crippen molar-refractivity contribution in [1.29, 1.82) is 0 Å². The van der Waals surface area contributed by atoms with Gasteiger partial charge in [-0.3, -0.25) is 5.43 Å². The zero-order valence-electron chi connectivity index (χ0n) is 8.33. The van der Waals surface area contributed by atoms with Crippen LogP contribution in [0.2, 0.25) is 5.02 Å². The van der Waals surface area contributed by atoms with E-state index in [0.717, 1.165) is 4.47 Å². The van der Waals surface area contributed by atoms with Crippen molar-refractivity contribution in [2.75, 3.05) is 7.11 Å². The molecule has 0 saturated heterocycles. The van der Waals surface area contributed by atoms with E-state index >= 15 is 0 Å². The van der Waals surface area contributed by atoms with Crippen LogP contribution in [0.5, 0.6) is 5.75 Å². The van der Waals surface area contributed by atoms with Gasteiger partial charge in [-0.1, -0.05) is 11.6 Å². The summed E-state index contributed by atoms with van der Waals surface area (Å²) in [5, 5.41) is 4.50. The Kier molecular flexibility index (Phi) is 4.98. The van der Waals surface area contributed by atoms with Crippen molar-refractivity contribution < 1.29 is 4.74 Å². The molecule has 86 valence electrons. The fraction of sp³-hybridized carbons (Fsp3) is 0.111. The van der Waals surface area contributed by atoms with Crippen LogP contribution in [0.3, 0.4) is 0 Å². The summed E-state index contributed by atoms with van der Waals surface area (Å²) in [6.45, 7) is 0. The van der Waals surface area contributed by atoms with E-state index < -0.39 is 0 Å². The molecule has 0 aliphatic heterocycles. The van der Waals surface area contributed by atoms with Crippen molar-refractivity contribution in [2.45, 2.75) is 0 Å². The highest BCUT2D eigenvalue weighted by atomic mass is 79.9. The molecule has 0 unspecified atom stereocenters. The molecule has 0 atom stereocenters. The van der Waals surface area contributed by atoms with Crippen molar-refractivity contribution in [3.8, 4) is 5.75 Å². The van der Waals surface area contributed by atoms with Gasteiger partial charge in [0.25, 0.3) is 0 Å². The van der Waals surface area contributed by atoms with E-state index in [1.54, 1.807) is 19.2 Å². The van der Waals surface area contributed by atoms with Gasteiger partial charge in [0.2, 0.25) is 0 Å². The molecule has 0 aliphatic carbocycles. The predicted molar refractivity (Wildman–Crippen MR) is 73.2 cm³/mol. The Balaban J connectivity index is 3.02. The number of rotatable bonds is 3. The van der Waals surface area contributed by atoms with E-state index in [1.807, 2.05) is 0 Å². The third kappa shape index (κ3) is 3.62. The normalized spacial score (nSPS) is 10.4.